The molecular formula is C20H22N2O. The molecule has 0 aliphatic heterocycles. The van der Waals surface area contributed by atoms with Crippen molar-refractivity contribution in [2.24, 2.45) is 0 Å². The van der Waals surface area contributed by atoms with Crippen molar-refractivity contribution in [3.8, 4) is 0 Å². The SMILES string of the molecule is Cc1ccc2[nH]c(C)c(CC(=O)NCc3ccccc3C)c2c1. The minimum absolute atomic E-state index is 0.0544. The summed E-state index contributed by atoms with van der Waals surface area (Å²) in [5.41, 5.74) is 6.81. The highest BCUT2D eigenvalue weighted by Crippen LogP contribution is 2.23. The van der Waals surface area contributed by atoms with Crippen LogP contribution in [0.5, 0.6) is 0 Å². The van der Waals surface area contributed by atoms with Crippen molar-refractivity contribution in [2.75, 3.05) is 0 Å². The number of hydrogen-bond acceptors (Lipinski definition) is 1. The first-order valence-corrected chi connectivity index (χ1v) is 7.93. The van der Waals surface area contributed by atoms with Crippen molar-refractivity contribution in [2.45, 2.75) is 33.7 Å². The van der Waals surface area contributed by atoms with E-state index in [0.717, 1.165) is 27.7 Å². The van der Waals surface area contributed by atoms with Crippen LogP contribution in [-0.2, 0) is 17.8 Å². The molecule has 3 heteroatoms. The summed E-state index contributed by atoms with van der Waals surface area (Å²) in [5.74, 6) is 0.0544. The second-order valence-corrected chi connectivity index (χ2v) is 6.16. The van der Waals surface area contributed by atoms with Gasteiger partial charge in [0.1, 0.15) is 0 Å². The van der Waals surface area contributed by atoms with E-state index in [9.17, 15) is 4.79 Å². The van der Waals surface area contributed by atoms with Gasteiger partial charge >= 0.3 is 0 Å². The summed E-state index contributed by atoms with van der Waals surface area (Å²) in [6, 6.07) is 14.4. The number of amides is 1. The van der Waals surface area contributed by atoms with Crippen molar-refractivity contribution >= 4 is 16.8 Å². The van der Waals surface area contributed by atoms with Crippen LogP contribution < -0.4 is 5.32 Å². The molecule has 1 heterocycles. The van der Waals surface area contributed by atoms with Crippen LogP contribution in [0.15, 0.2) is 42.5 Å². The van der Waals surface area contributed by atoms with Crippen molar-refractivity contribution in [3.05, 3.63) is 70.4 Å². The molecule has 0 fully saturated rings. The maximum Gasteiger partial charge on any atom is 0.224 e. The summed E-state index contributed by atoms with van der Waals surface area (Å²) >= 11 is 0. The van der Waals surface area contributed by atoms with E-state index in [1.807, 2.05) is 19.1 Å². The summed E-state index contributed by atoms with van der Waals surface area (Å²) in [6.07, 6.45) is 0.404. The van der Waals surface area contributed by atoms with Crippen LogP contribution in [-0.4, -0.2) is 10.9 Å². The smallest absolute Gasteiger partial charge is 0.224 e. The van der Waals surface area contributed by atoms with Crippen molar-refractivity contribution in [1.82, 2.24) is 10.3 Å². The third kappa shape index (κ3) is 3.29. The Kier molecular flexibility index (Phi) is 4.20. The van der Waals surface area contributed by atoms with Gasteiger partial charge in [-0.2, -0.15) is 0 Å². The Balaban J connectivity index is 1.74. The summed E-state index contributed by atoms with van der Waals surface area (Å²) in [4.78, 5) is 15.7. The molecule has 0 saturated carbocycles. The largest absolute Gasteiger partial charge is 0.358 e. The fourth-order valence-electron chi connectivity index (χ4n) is 2.95. The van der Waals surface area contributed by atoms with Crippen LogP contribution in [0.1, 0.15) is 27.9 Å². The fraction of sp³-hybridized carbons (Fsp3) is 0.250. The highest BCUT2D eigenvalue weighted by molar-refractivity contribution is 5.90. The number of carbonyl (C=O) groups is 1. The number of aryl methyl sites for hydroxylation is 3. The molecule has 1 aromatic heterocycles. The topological polar surface area (TPSA) is 44.9 Å². The van der Waals surface area contributed by atoms with Crippen molar-refractivity contribution in [1.29, 1.82) is 0 Å². The molecule has 2 aromatic carbocycles. The zero-order chi connectivity index (χ0) is 16.4. The Morgan fingerprint density at radius 1 is 1.09 bits per heavy atom. The fourth-order valence-corrected chi connectivity index (χ4v) is 2.95. The zero-order valence-electron chi connectivity index (χ0n) is 13.9. The Morgan fingerprint density at radius 2 is 1.87 bits per heavy atom. The molecule has 0 saturated heterocycles. The molecule has 0 unspecified atom stereocenters. The van der Waals surface area contributed by atoms with Gasteiger partial charge in [0.2, 0.25) is 5.91 Å². The normalized spacial score (nSPS) is 10.9. The van der Waals surface area contributed by atoms with Crippen LogP contribution in [0, 0.1) is 20.8 Å². The minimum Gasteiger partial charge on any atom is -0.358 e. The number of rotatable bonds is 4. The molecule has 0 aliphatic carbocycles. The number of aromatic amines is 1. The van der Waals surface area contributed by atoms with Gasteiger partial charge in [0.15, 0.2) is 0 Å². The number of fused-ring (bicyclic) bond motifs is 1. The Bertz CT molecular complexity index is 861. The molecule has 0 aliphatic rings. The predicted octanol–water partition coefficient (Wildman–Crippen LogP) is 3.95. The van der Waals surface area contributed by atoms with Gasteiger partial charge in [-0.05, 0) is 49.6 Å². The highest BCUT2D eigenvalue weighted by atomic mass is 16.1. The average molecular weight is 306 g/mol. The van der Waals surface area contributed by atoms with Crippen LogP contribution in [0.4, 0.5) is 0 Å². The zero-order valence-corrected chi connectivity index (χ0v) is 13.9. The lowest BCUT2D eigenvalue weighted by Gasteiger charge is -2.08. The molecule has 0 atom stereocenters. The third-order valence-electron chi connectivity index (χ3n) is 4.35. The van der Waals surface area contributed by atoms with Crippen LogP contribution in [0.25, 0.3) is 10.9 Å². The quantitative estimate of drug-likeness (QED) is 0.753. The minimum atomic E-state index is 0.0544. The maximum absolute atomic E-state index is 12.4. The summed E-state index contributed by atoms with van der Waals surface area (Å²) in [6.45, 7) is 6.74. The Hall–Kier alpha value is -2.55. The van der Waals surface area contributed by atoms with E-state index in [1.165, 1.54) is 11.1 Å². The molecule has 0 radical (unpaired) electrons. The van der Waals surface area contributed by atoms with Gasteiger partial charge in [0.05, 0.1) is 6.42 Å². The molecule has 118 valence electrons. The molecule has 2 N–H and O–H groups in total. The van der Waals surface area contributed by atoms with Gasteiger partial charge in [0.25, 0.3) is 0 Å². The number of hydrogen-bond donors (Lipinski definition) is 2. The van der Waals surface area contributed by atoms with Crippen LogP contribution in [0.2, 0.25) is 0 Å². The number of carbonyl (C=O) groups excluding carboxylic acids is 1. The van der Waals surface area contributed by atoms with Gasteiger partial charge in [0, 0.05) is 23.1 Å². The van der Waals surface area contributed by atoms with Crippen LogP contribution >= 0.6 is 0 Å². The first-order chi connectivity index (χ1) is 11.0. The molecule has 3 nitrogen and oxygen atoms in total. The van der Waals surface area contributed by atoms with E-state index in [-0.39, 0.29) is 5.91 Å². The third-order valence-corrected chi connectivity index (χ3v) is 4.35. The van der Waals surface area contributed by atoms with E-state index >= 15 is 0 Å². The van der Waals surface area contributed by atoms with Crippen molar-refractivity contribution in [3.63, 3.8) is 0 Å². The first kappa shape index (κ1) is 15.3. The molecule has 3 rings (SSSR count). The van der Waals surface area contributed by atoms with Gasteiger partial charge in [-0.3, -0.25) is 4.79 Å². The highest BCUT2D eigenvalue weighted by Gasteiger charge is 2.12. The molecule has 23 heavy (non-hydrogen) atoms. The number of benzene rings is 2. The predicted molar refractivity (Wildman–Crippen MR) is 94.5 cm³/mol. The second kappa shape index (κ2) is 6.29. The van der Waals surface area contributed by atoms with Gasteiger partial charge in [-0.25, -0.2) is 0 Å². The van der Waals surface area contributed by atoms with E-state index in [4.69, 9.17) is 0 Å². The summed E-state index contributed by atoms with van der Waals surface area (Å²) in [5, 5.41) is 4.18. The first-order valence-electron chi connectivity index (χ1n) is 7.93. The standard InChI is InChI=1S/C20H22N2O/c1-13-8-9-19-18(10-13)17(15(3)22-19)11-20(23)21-12-16-7-5-4-6-14(16)2/h4-10,22H,11-12H2,1-3H3,(H,21,23). The maximum atomic E-state index is 12.4. The monoisotopic (exact) mass is 306 g/mol. The van der Waals surface area contributed by atoms with Gasteiger partial charge < -0.3 is 10.3 Å². The molecule has 1 amide bonds. The summed E-state index contributed by atoms with van der Waals surface area (Å²) in [7, 11) is 0. The number of aromatic nitrogens is 1. The molecule has 0 bridgehead atoms. The van der Waals surface area contributed by atoms with E-state index in [1.54, 1.807) is 0 Å². The Morgan fingerprint density at radius 3 is 2.65 bits per heavy atom. The lowest BCUT2D eigenvalue weighted by atomic mass is 10.1. The van der Waals surface area contributed by atoms with Crippen molar-refractivity contribution < 1.29 is 4.79 Å². The molecular weight excluding hydrogens is 284 g/mol. The average Bonchev–Trinajstić information content (AvgIpc) is 2.82. The van der Waals surface area contributed by atoms with Crippen LogP contribution in [0.3, 0.4) is 0 Å². The summed E-state index contributed by atoms with van der Waals surface area (Å²) < 4.78 is 0. The van der Waals surface area contributed by atoms with Gasteiger partial charge in [-0.1, -0.05) is 35.9 Å². The molecule has 0 spiro atoms. The molecule has 3 aromatic rings. The van der Waals surface area contributed by atoms with E-state index in [2.05, 4.69) is 54.5 Å². The number of H-pyrrole nitrogens is 1. The van der Waals surface area contributed by atoms with E-state index in [0.29, 0.717) is 13.0 Å². The second-order valence-electron chi connectivity index (χ2n) is 6.16. The Labute approximate surface area is 136 Å². The lowest BCUT2D eigenvalue weighted by molar-refractivity contribution is -0.120. The van der Waals surface area contributed by atoms with E-state index < -0.39 is 0 Å². The lowest BCUT2D eigenvalue weighted by Crippen LogP contribution is -2.25. The van der Waals surface area contributed by atoms with Gasteiger partial charge in [-0.15, -0.1) is 0 Å². The number of nitrogens with one attached hydrogen (secondary N) is 2.